The summed E-state index contributed by atoms with van der Waals surface area (Å²) < 4.78 is 11.0. The van der Waals surface area contributed by atoms with Crippen LogP contribution in [0.3, 0.4) is 0 Å². The molecule has 0 radical (unpaired) electrons. The van der Waals surface area contributed by atoms with Gasteiger partial charge in [0.15, 0.2) is 0 Å². The summed E-state index contributed by atoms with van der Waals surface area (Å²) in [4.78, 5) is 23.6. The fraction of sp³-hybridized carbons (Fsp3) is 0.364. The Morgan fingerprint density at radius 1 is 0.852 bits per heavy atom. The number of unbranched alkanes of at least 4 members (excludes halogenated alkanes) is 3. The molecular formula is C22H27NO4. The highest BCUT2D eigenvalue weighted by atomic mass is 16.5. The number of benzene rings is 2. The molecule has 2 aromatic carbocycles. The molecule has 5 heteroatoms. The standard InChI is InChI=1S/C22H27NO4/c1-3-5-6-7-16-26-19-12-8-17(9-13-19)22(25)27-20-14-10-18(11-15-20)23-21(24)4-2/h8-15H,3-7,16H2,1-2H3,(H,23,24). The number of ether oxygens (including phenoxy) is 2. The highest BCUT2D eigenvalue weighted by molar-refractivity contribution is 5.92. The molecule has 0 aliphatic heterocycles. The van der Waals surface area contributed by atoms with Crippen molar-refractivity contribution in [2.24, 2.45) is 0 Å². The van der Waals surface area contributed by atoms with Gasteiger partial charge < -0.3 is 14.8 Å². The van der Waals surface area contributed by atoms with Crippen molar-refractivity contribution < 1.29 is 19.1 Å². The van der Waals surface area contributed by atoms with Gasteiger partial charge in [0.05, 0.1) is 12.2 Å². The van der Waals surface area contributed by atoms with Crippen LogP contribution in [0.5, 0.6) is 11.5 Å². The number of nitrogens with one attached hydrogen (secondary N) is 1. The van der Waals surface area contributed by atoms with E-state index in [4.69, 9.17) is 9.47 Å². The van der Waals surface area contributed by atoms with Crippen LogP contribution in [-0.4, -0.2) is 18.5 Å². The summed E-state index contributed by atoms with van der Waals surface area (Å²) in [5.41, 5.74) is 1.12. The fourth-order valence-electron chi connectivity index (χ4n) is 2.43. The number of carbonyl (C=O) groups excluding carboxylic acids is 2. The fourth-order valence-corrected chi connectivity index (χ4v) is 2.43. The summed E-state index contributed by atoms with van der Waals surface area (Å²) in [6, 6.07) is 13.6. The van der Waals surface area contributed by atoms with Gasteiger partial charge in [0.25, 0.3) is 0 Å². The number of carbonyl (C=O) groups is 2. The second-order valence-corrected chi connectivity index (χ2v) is 6.25. The number of rotatable bonds is 10. The number of hydrogen-bond donors (Lipinski definition) is 1. The Hall–Kier alpha value is -2.82. The quantitative estimate of drug-likeness (QED) is 0.354. The van der Waals surface area contributed by atoms with Crippen molar-refractivity contribution in [1.29, 1.82) is 0 Å². The number of anilines is 1. The number of esters is 1. The molecule has 0 unspecified atom stereocenters. The van der Waals surface area contributed by atoms with Gasteiger partial charge in [0.2, 0.25) is 5.91 Å². The number of hydrogen-bond acceptors (Lipinski definition) is 4. The van der Waals surface area contributed by atoms with E-state index in [1.54, 1.807) is 55.5 Å². The Morgan fingerprint density at radius 3 is 2.15 bits per heavy atom. The zero-order chi connectivity index (χ0) is 19.5. The minimum Gasteiger partial charge on any atom is -0.494 e. The van der Waals surface area contributed by atoms with Crippen molar-refractivity contribution in [3.8, 4) is 11.5 Å². The first-order valence-electron chi connectivity index (χ1n) is 9.47. The van der Waals surface area contributed by atoms with E-state index in [0.717, 1.165) is 12.2 Å². The molecule has 0 saturated heterocycles. The Kier molecular flexibility index (Phi) is 8.36. The molecule has 0 atom stereocenters. The van der Waals surface area contributed by atoms with Gasteiger partial charge in [-0.25, -0.2) is 4.79 Å². The van der Waals surface area contributed by atoms with E-state index in [0.29, 0.717) is 30.0 Å². The zero-order valence-electron chi connectivity index (χ0n) is 16.0. The Balaban J connectivity index is 1.84. The van der Waals surface area contributed by atoms with Crippen molar-refractivity contribution in [1.82, 2.24) is 0 Å². The molecule has 0 fully saturated rings. The summed E-state index contributed by atoms with van der Waals surface area (Å²) in [5, 5.41) is 2.74. The monoisotopic (exact) mass is 369 g/mol. The minimum absolute atomic E-state index is 0.0626. The molecule has 0 saturated carbocycles. The van der Waals surface area contributed by atoms with E-state index < -0.39 is 5.97 Å². The minimum atomic E-state index is -0.435. The third-order valence-electron chi connectivity index (χ3n) is 4.03. The lowest BCUT2D eigenvalue weighted by molar-refractivity contribution is -0.115. The summed E-state index contributed by atoms with van der Waals surface area (Å²) in [6.45, 7) is 4.65. The maximum Gasteiger partial charge on any atom is 0.343 e. The lowest BCUT2D eigenvalue weighted by atomic mass is 10.2. The molecule has 5 nitrogen and oxygen atoms in total. The molecule has 1 amide bonds. The smallest absolute Gasteiger partial charge is 0.343 e. The van der Waals surface area contributed by atoms with Crippen LogP contribution in [0.2, 0.25) is 0 Å². The maximum absolute atomic E-state index is 12.2. The lowest BCUT2D eigenvalue weighted by Crippen LogP contribution is -2.10. The van der Waals surface area contributed by atoms with E-state index in [1.807, 2.05) is 0 Å². The highest BCUT2D eigenvalue weighted by Crippen LogP contribution is 2.19. The van der Waals surface area contributed by atoms with Crippen LogP contribution in [0.1, 0.15) is 56.3 Å². The summed E-state index contributed by atoms with van der Waals surface area (Å²) in [5.74, 6) is 0.673. The molecule has 0 heterocycles. The van der Waals surface area contributed by atoms with E-state index in [2.05, 4.69) is 12.2 Å². The summed E-state index contributed by atoms with van der Waals surface area (Å²) in [6.07, 6.45) is 5.04. The van der Waals surface area contributed by atoms with Crippen molar-refractivity contribution in [3.63, 3.8) is 0 Å². The van der Waals surface area contributed by atoms with Crippen molar-refractivity contribution >= 4 is 17.6 Å². The molecule has 27 heavy (non-hydrogen) atoms. The van der Waals surface area contributed by atoms with Gasteiger partial charge >= 0.3 is 5.97 Å². The molecule has 144 valence electrons. The van der Waals surface area contributed by atoms with Crippen molar-refractivity contribution in [3.05, 3.63) is 54.1 Å². The molecular weight excluding hydrogens is 342 g/mol. The molecule has 0 aromatic heterocycles. The van der Waals surface area contributed by atoms with Crippen LogP contribution in [0.15, 0.2) is 48.5 Å². The van der Waals surface area contributed by atoms with Crippen LogP contribution in [0.4, 0.5) is 5.69 Å². The first-order chi connectivity index (χ1) is 13.1. The molecule has 2 aromatic rings. The van der Waals surface area contributed by atoms with Crippen LogP contribution < -0.4 is 14.8 Å². The van der Waals surface area contributed by atoms with Crippen LogP contribution in [-0.2, 0) is 4.79 Å². The molecule has 0 aliphatic carbocycles. The second kappa shape index (κ2) is 11.0. The molecule has 0 spiro atoms. The third kappa shape index (κ3) is 7.13. The van der Waals surface area contributed by atoms with Gasteiger partial charge in [-0.05, 0) is 55.0 Å². The van der Waals surface area contributed by atoms with Crippen LogP contribution in [0.25, 0.3) is 0 Å². The molecule has 0 aliphatic rings. The Morgan fingerprint density at radius 2 is 1.52 bits per heavy atom. The largest absolute Gasteiger partial charge is 0.494 e. The Labute approximate surface area is 160 Å². The molecule has 1 N–H and O–H groups in total. The average molecular weight is 369 g/mol. The highest BCUT2D eigenvalue weighted by Gasteiger charge is 2.09. The molecule has 0 bridgehead atoms. The van der Waals surface area contributed by atoms with E-state index >= 15 is 0 Å². The van der Waals surface area contributed by atoms with E-state index in [9.17, 15) is 9.59 Å². The van der Waals surface area contributed by atoms with Gasteiger partial charge in [-0.15, -0.1) is 0 Å². The predicted octanol–water partition coefficient (Wildman–Crippen LogP) is 5.21. The van der Waals surface area contributed by atoms with Gasteiger partial charge in [-0.1, -0.05) is 33.1 Å². The summed E-state index contributed by atoms with van der Waals surface area (Å²) >= 11 is 0. The van der Waals surface area contributed by atoms with Crippen LogP contribution >= 0.6 is 0 Å². The topological polar surface area (TPSA) is 64.6 Å². The second-order valence-electron chi connectivity index (χ2n) is 6.25. The van der Waals surface area contributed by atoms with Gasteiger partial charge in [0, 0.05) is 12.1 Å². The average Bonchev–Trinajstić information content (AvgIpc) is 2.69. The maximum atomic E-state index is 12.2. The molecule has 2 rings (SSSR count). The first kappa shape index (κ1) is 20.5. The van der Waals surface area contributed by atoms with Gasteiger partial charge in [-0.3, -0.25) is 4.79 Å². The van der Waals surface area contributed by atoms with E-state index in [-0.39, 0.29) is 5.91 Å². The Bertz CT molecular complexity index is 723. The van der Waals surface area contributed by atoms with Gasteiger partial charge in [-0.2, -0.15) is 0 Å². The zero-order valence-corrected chi connectivity index (χ0v) is 16.0. The van der Waals surface area contributed by atoms with Crippen LogP contribution in [0, 0.1) is 0 Å². The van der Waals surface area contributed by atoms with Crippen molar-refractivity contribution in [2.75, 3.05) is 11.9 Å². The van der Waals surface area contributed by atoms with Gasteiger partial charge in [0.1, 0.15) is 11.5 Å². The summed E-state index contributed by atoms with van der Waals surface area (Å²) in [7, 11) is 0. The SMILES string of the molecule is CCCCCCOc1ccc(C(=O)Oc2ccc(NC(=O)CC)cc2)cc1. The first-order valence-corrected chi connectivity index (χ1v) is 9.47. The third-order valence-corrected chi connectivity index (χ3v) is 4.03. The van der Waals surface area contributed by atoms with E-state index in [1.165, 1.54) is 19.3 Å². The normalized spacial score (nSPS) is 10.3. The predicted molar refractivity (Wildman–Crippen MR) is 106 cm³/mol. The van der Waals surface area contributed by atoms with Crippen molar-refractivity contribution in [2.45, 2.75) is 46.0 Å². The lowest BCUT2D eigenvalue weighted by Gasteiger charge is -2.08. The number of amides is 1.